The van der Waals surface area contributed by atoms with Gasteiger partial charge in [0.25, 0.3) is 0 Å². The van der Waals surface area contributed by atoms with E-state index in [0.717, 1.165) is 31.2 Å². The van der Waals surface area contributed by atoms with E-state index in [2.05, 4.69) is 0 Å². The van der Waals surface area contributed by atoms with Gasteiger partial charge >= 0.3 is 5.97 Å². The number of aromatic carboxylic acids is 1. The van der Waals surface area contributed by atoms with E-state index in [4.69, 9.17) is 10.8 Å². The van der Waals surface area contributed by atoms with E-state index in [-0.39, 0.29) is 0 Å². The van der Waals surface area contributed by atoms with Crippen molar-refractivity contribution in [3.63, 3.8) is 0 Å². The molecule has 0 aliphatic heterocycles. The van der Waals surface area contributed by atoms with E-state index < -0.39 is 5.97 Å². The Hall–Kier alpha value is -1.35. The zero-order valence-electron chi connectivity index (χ0n) is 9.23. The van der Waals surface area contributed by atoms with Crippen molar-refractivity contribution in [2.45, 2.75) is 37.6 Å². The Balaban J connectivity index is 2.23. The van der Waals surface area contributed by atoms with Crippen molar-refractivity contribution in [2.24, 2.45) is 5.73 Å². The quantitative estimate of drug-likeness (QED) is 0.802. The van der Waals surface area contributed by atoms with Crippen LogP contribution in [0.5, 0.6) is 0 Å². The summed E-state index contributed by atoms with van der Waals surface area (Å²) in [4.78, 5) is 11.1. The summed E-state index contributed by atoms with van der Waals surface area (Å²) in [5, 5.41) is 9.12. The molecule has 86 valence electrons. The molecule has 0 bridgehead atoms. The highest BCUT2D eigenvalue weighted by molar-refractivity contribution is 5.89. The molecule has 0 saturated heterocycles. The number of carboxylic acid groups (broad SMARTS) is 1. The van der Waals surface area contributed by atoms with Gasteiger partial charge in [-0.3, -0.25) is 0 Å². The number of hydrogen-bond acceptors (Lipinski definition) is 2. The highest BCUT2D eigenvalue weighted by atomic mass is 16.4. The Labute approximate surface area is 95.3 Å². The van der Waals surface area contributed by atoms with E-state index in [1.807, 2.05) is 12.1 Å². The first-order valence-electron chi connectivity index (χ1n) is 5.76. The van der Waals surface area contributed by atoms with Crippen LogP contribution in [0.15, 0.2) is 24.3 Å². The molecule has 1 saturated carbocycles. The summed E-state index contributed by atoms with van der Waals surface area (Å²) in [6, 6.07) is 7.61. The minimum absolute atomic E-state index is 0.299. The monoisotopic (exact) mass is 219 g/mol. The van der Waals surface area contributed by atoms with Gasteiger partial charge in [0, 0.05) is 6.04 Å². The maximum Gasteiger partial charge on any atom is 0.335 e. The lowest BCUT2D eigenvalue weighted by Crippen LogP contribution is -2.26. The Morgan fingerprint density at radius 1 is 1.19 bits per heavy atom. The summed E-state index contributed by atoms with van der Waals surface area (Å²) < 4.78 is 0. The van der Waals surface area contributed by atoms with Crippen LogP contribution in [0, 0.1) is 0 Å². The molecule has 0 amide bonds. The largest absolute Gasteiger partial charge is 0.478 e. The molecule has 16 heavy (non-hydrogen) atoms. The average molecular weight is 219 g/mol. The molecule has 0 aromatic heterocycles. The minimum Gasteiger partial charge on any atom is -0.478 e. The molecule has 0 spiro atoms. The van der Waals surface area contributed by atoms with Crippen LogP contribution >= 0.6 is 0 Å². The third kappa shape index (κ3) is 2.25. The van der Waals surface area contributed by atoms with Gasteiger partial charge in [-0.15, -0.1) is 0 Å². The highest BCUT2D eigenvalue weighted by Crippen LogP contribution is 2.33. The van der Waals surface area contributed by atoms with Gasteiger partial charge in [0.15, 0.2) is 0 Å². The summed E-state index contributed by atoms with van der Waals surface area (Å²) in [6.45, 7) is 0. The van der Waals surface area contributed by atoms with Crippen molar-refractivity contribution in [1.82, 2.24) is 0 Å². The molecule has 1 aromatic carbocycles. The predicted octanol–water partition coefficient (Wildman–Crippen LogP) is 2.37. The number of benzene rings is 1. The lowest BCUT2D eigenvalue weighted by molar-refractivity contribution is 0.0694. The van der Waals surface area contributed by atoms with Crippen molar-refractivity contribution < 1.29 is 9.90 Å². The molecule has 1 aromatic rings. The molecule has 3 N–H and O–H groups in total. The third-order valence-electron chi connectivity index (χ3n) is 3.40. The van der Waals surface area contributed by atoms with E-state index in [1.54, 1.807) is 12.1 Å². The lowest BCUT2D eigenvalue weighted by Gasteiger charge is -2.27. The Morgan fingerprint density at radius 3 is 2.44 bits per heavy atom. The zero-order chi connectivity index (χ0) is 11.5. The number of nitrogens with two attached hydrogens (primary N) is 1. The fraction of sp³-hybridized carbons (Fsp3) is 0.462. The number of rotatable bonds is 2. The first-order valence-corrected chi connectivity index (χ1v) is 5.76. The molecule has 1 aliphatic rings. The second kappa shape index (κ2) is 4.66. The number of carboxylic acids is 1. The number of carbonyl (C=O) groups is 1. The molecule has 0 heterocycles. The van der Waals surface area contributed by atoms with E-state index in [0.29, 0.717) is 17.5 Å². The van der Waals surface area contributed by atoms with Crippen LogP contribution in [0.4, 0.5) is 0 Å². The second-order valence-corrected chi connectivity index (χ2v) is 4.50. The summed E-state index contributed by atoms with van der Waals surface area (Å²) in [7, 11) is 0. The minimum atomic E-state index is -0.828. The molecule has 1 fully saturated rings. The van der Waals surface area contributed by atoms with Gasteiger partial charge in [0.05, 0.1) is 5.56 Å². The zero-order valence-corrected chi connectivity index (χ0v) is 9.23. The maximum absolute atomic E-state index is 11.1. The van der Waals surface area contributed by atoms with E-state index in [9.17, 15) is 4.79 Å². The maximum atomic E-state index is 11.1. The summed E-state index contributed by atoms with van der Waals surface area (Å²) in [5.41, 5.74) is 7.28. The first kappa shape index (κ1) is 11.1. The van der Waals surface area contributed by atoms with Gasteiger partial charge in [0.2, 0.25) is 0 Å². The van der Waals surface area contributed by atoms with Gasteiger partial charge in [-0.05, 0) is 43.2 Å². The van der Waals surface area contributed by atoms with Crippen LogP contribution in [-0.2, 0) is 0 Å². The molecule has 1 aliphatic carbocycles. The van der Waals surface area contributed by atoms with Gasteiger partial charge in [-0.25, -0.2) is 4.79 Å². The Bertz CT molecular complexity index is 381. The molecule has 3 nitrogen and oxygen atoms in total. The Kier molecular flexibility index (Phi) is 3.25. The SMILES string of the molecule is NC1CCC(c2ccccc2C(=O)O)CC1. The van der Waals surface area contributed by atoms with Crippen LogP contribution in [0.3, 0.4) is 0 Å². The van der Waals surface area contributed by atoms with Crippen LogP contribution in [-0.4, -0.2) is 17.1 Å². The highest BCUT2D eigenvalue weighted by Gasteiger charge is 2.23. The van der Waals surface area contributed by atoms with Crippen LogP contribution in [0.2, 0.25) is 0 Å². The van der Waals surface area contributed by atoms with Crippen LogP contribution < -0.4 is 5.73 Å². The summed E-state index contributed by atoms with van der Waals surface area (Å²) in [5.74, 6) is -0.461. The van der Waals surface area contributed by atoms with Gasteiger partial charge in [-0.2, -0.15) is 0 Å². The number of hydrogen-bond donors (Lipinski definition) is 2. The smallest absolute Gasteiger partial charge is 0.335 e. The average Bonchev–Trinajstić information content (AvgIpc) is 2.30. The van der Waals surface area contributed by atoms with Crippen molar-refractivity contribution in [3.05, 3.63) is 35.4 Å². The fourth-order valence-electron chi connectivity index (χ4n) is 2.48. The van der Waals surface area contributed by atoms with E-state index in [1.165, 1.54) is 0 Å². The first-order chi connectivity index (χ1) is 7.68. The molecule has 0 atom stereocenters. The summed E-state index contributed by atoms with van der Waals surface area (Å²) in [6.07, 6.45) is 4.01. The van der Waals surface area contributed by atoms with Gasteiger partial charge in [0.1, 0.15) is 0 Å². The topological polar surface area (TPSA) is 63.3 Å². The summed E-state index contributed by atoms with van der Waals surface area (Å²) >= 11 is 0. The van der Waals surface area contributed by atoms with Crippen molar-refractivity contribution >= 4 is 5.97 Å². The molecular weight excluding hydrogens is 202 g/mol. The second-order valence-electron chi connectivity index (χ2n) is 4.50. The van der Waals surface area contributed by atoms with Gasteiger partial charge in [-0.1, -0.05) is 18.2 Å². The molecular formula is C13H17NO2. The fourth-order valence-corrected chi connectivity index (χ4v) is 2.48. The van der Waals surface area contributed by atoms with Gasteiger partial charge < -0.3 is 10.8 Å². The normalized spacial score (nSPS) is 25.3. The Morgan fingerprint density at radius 2 is 1.81 bits per heavy atom. The van der Waals surface area contributed by atoms with Crippen molar-refractivity contribution in [1.29, 1.82) is 0 Å². The van der Waals surface area contributed by atoms with Crippen LogP contribution in [0.1, 0.15) is 47.5 Å². The van der Waals surface area contributed by atoms with E-state index >= 15 is 0 Å². The molecule has 0 radical (unpaired) electrons. The molecule has 2 rings (SSSR count). The molecule has 0 unspecified atom stereocenters. The van der Waals surface area contributed by atoms with Crippen molar-refractivity contribution in [3.8, 4) is 0 Å². The standard InChI is InChI=1S/C13H17NO2/c14-10-7-5-9(6-8-10)11-3-1-2-4-12(11)13(15)16/h1-4,9-10H,5-8,14H2,(H,15,16). The van der Waals surface area contributed by atoms with Crippen molar-refractivity contribution in [2.75, 3.05) is 0 Å². The predicted molar refractivity (Wildman–Crippen MR) is 62.6 cm³/mol. The third-order valence-corrected chi connectivity index (χ3v) is 3.40. The lowest BCUT2D eigenvalue weighted by atomic mass is 9.80. The molecule has 3 heteroatoms. The van der Waals surface area contributed by atoms with Crippen LogP contribution in [0.25, 0.3) is 0 Å².